The maximum Gasteiger partial charge on any atom is 0.252 e. The minimum Gasteiger partial charge on any atom is -0.368 e. The summed E-state index contributed by atoms with van der Waals surface area (Å²) in [6, 6.07) is 9.66. The molecule has 1 unspecified atom stereocenters. The van der Waals surface area contributed by atoms with Gasteiger partial charge < -0.3 is 22.1 Å². The van der Waals surface area contributed by atoms with Crippen molar-refractivity contribution in [2.45, 2.75) is 26.3 Å². The first-order chi connectivity index (χ1) is 15.3. The van der Waals surface area contributed by atoms with E-state index in [9.17, 15) is 14.9 Å². The summed E-state index contributed by atoms with van der Waals surface area (Å²) in [4.78, 5) is 29.7. The summed E-state index contributed by atoms with van der Waals surface area (Å²) < 4.78 is 0. The van der Waals surface area contributed by atoms with Gasteiger partial charge in [-0.2, -0.15) is 20.3 Å². The Balaban J connectivity index is 2.00. The zero-order valence-electron chi connectivity index (χ0n) is 17.6. The summed E-state index contributed by atoms with van der Waals surface area (Å²) in [5, 5.41) is 23.7. The SMILES string of the molecule is CC(C)CC(Nc1nc(Nc2cccc(-n3nccn3)c2)c(C(N)=O)cc1C#N)C(N)=O. The molecule has 11 nitrogen and oxygen atoms in total. The third-order valence-electron chi connectivity index (χ3n) is 4.53. The quantitative estimate of drug-likeness (QED) is 0.394. The van der Waals surface area contributed by atoms with Crippen molar-refractivity contribution in [2.75, 3.05) is 10.6 Å². The highest BCUT2D eigenvalue weighted by Gasteiger charge is 2.22. The molecule has 2 heterocycles. The molecular formula is C21H23N9O2. The zero-order valence-corrected chi connectivity index (χ0v) is 17.6. The van der Waals surface area contributed by atoms with Gasteiger partial charge in [0.15, 0.2) is 0 Å². The Morgan fingerprint density at radius 3 is 2.47 bits per heavy atom. The molecule has 0 fully saturated rings. The third kappa shape index (κ3) is 5.17. The van der Waals surface area contributed by atoms with Crippen molar-refractivity contribution in [3.63, 3.8) is 0 Å². The summed E-state index contributed by atoms with van der Waals surface area (Å²) in [6.45, 7) is 3.89. The average Bonchev–Trinajstić information content (AvgIpc) is 3.28. The molecule has 6 N–H and O–H groups in total. The van der Waals surface area contributed by atoms with Gasteiger partial charge in [0.05, 0.1) is 29.2 Å². The smallest absolute Gasteiger partial charge is 0.252 e. The lowest BCUT2D eigenvalue weighted by atomic mass is 10.0. The van der Waals surface area contributed by atoms with E-state index in [-0.39, 0.29) is 28.7 Å². The molecule has 11 heteroatoms. The third-order valence-corrected chi connectivity index (χ3v) is 4.53. The number of nitriles is 1. The molecule has 3 aromatic rings. The van der Waals surface area contributed by atoms with E-state index < -0.39 is 17.9 Å². The Kier molecular flexibility index (Phi) is 6.65. The highest BCUT2D eigenvalue weighted by Crippen LogP contribution is 2.26. The number of anilines is 3. The van der Waals surface area contributed by atoms with Gasteiger partial charge in [-0.05, 0) is 36.6 Å². The Morgan fingerprint density at radius 1 is 1.16 bits per heavy atom. The Hall–Kier alpha value is -4.46. The van der Waals surface area contributed by atoms with Gasteiger partial charge in [-0.3, -0.25) is 9.59 Å². The number of hydrogen-bond acceptors (Lipinski definition) is 8. The van der Waals surface area contributed by atoms with E-state index in [1.807, 2.05) is 26.0 Å². The Bertz CT molecular complexity index is 1170. The van der Waals surface area contributed by atoms with Crippen molar-refractivity contribution in [1.29, 1.82) is 5.26 Å². The minimum absolute atomic E-state index is 0.0224. The van der Waals surface area contributed by atoms with E-state index in [0.29, 0.717) is 17.8 Å². The molecule has 3 rings (SSSR count). The van der Waals surface area contributed by atoms with E-state index in [4.69, 9.17) is 11.5 Å². The van der Waals surface area contributed by atoms with Gasteiger partial charge in [0.1, 0.15) is 23.7 Å². The molecule has 0 spiro atoms. The van der Waals surface area contributed by atoms with Gasteiger partial charge in [0.2, 0.25) is 5.91 Å². The molecule has 1 atom stereocenters. The predicted molar refractivity (Wildman–Crippen MR) is 118 cm³/mol. The summed E-state index contributed by atoms with van der Waals surface area (Å²) in [7, 11) is 0. The number of rotatable bonds is 9. The number of nitrogens with zero attached hydrogens (tertiary/aromatic N) is 5. The van der Waals surface area contributed by atoms with Gasteiger partial charge in [-0.15, -0.1) is 0 Å². The standard InChI is InChI=1S/C21H23N9O2/c1-12(2)8-17(19(24)32)28-20-13(11-22)9-16(18(23)31)21(29-20)27-14-4-3-5-15(10-14)30-25-6-7-26-30/h3-7,9-10,12,17H,8H2,1-2H3,(H2,23,31)(H2,24,32)(H2,27,28,29). The lowest BCUT2D eigenvalue weighted by Gasteiger charge is -2.20. The molecular weight excluding hydrogens is 410 g/mol. The van der Waals surface area contributed by atoms with Crippen LogP contribution in [0, 0.1) is 17.2 Å². The number of pyridine rings is 1. The van der Waals surface area contributed by atoms with Crippen molar-refractivity contribution < 1.29 is 9.59 Å². The van der Waals surface area contributed by atoms with Crippen LogP contribution in [0.2, 0.25) is 0 Å². The number of amides is 2. The van der Waals surface area contributed by atoms with Crippen molar-refractivity contribution in [1.82, 2.24) is 20.0 Å². The van der Waals surface area contributed by atoms with Crippen molar-refractivity contribution in [3.05, 3.63) is 53.9 Å². The first-order valence-electron chi connectivity index (χ1n) is 9.83. The van der Waals surface area contributed by atoms with Crippen molar-refractivity contribution in [3.8, 4) is 11.8 Å². The Labute approximate surface area is 184 Å². The van der Waals surface area contributed by atoms with Crippen molar-refractivity contribution in [2.24, 2.45) is 17.4 Å². The van der Waals surface area contributed by atoms with Crippen molar-refractivity contribution >= 4 is 29.1 Å². The van der Waals surface area contributed by atoms with E-state index in [1.165, 1.54) is 10.9 Å². The molecule has 2 amide bonds. The van der Waals surface area contributed by atoms with Gasteiger partial charge >= 0.3 is 0 Å². The van der Waals surface area contributed by atoms with Crippen LogP contribution in [0.5, 0.6) is 0 Å². The lowest BCUT2D eigenvalue weighted by Crippen LogP contribution is -2.37. The molecule has 0 radical (unpaired) electrons. The first kappa shape index (κ1) is 22.2. The highest BCUT2D eigenvalue weighted by atomic mass is 16.1. The fourth-order valence-electron chi connectivity index (χ4n) is 3.07. The van der Waals surface area contributed by atoms with Crippen LogP contribution < -0.4 is 22.1 Å². The van der Waals surface area contributed by atoms with Crippen LogP contribution in [0.4, 0.5) is 17.3 Å². The molecule has 0 saturated carbocycles. The monoisotopic (exact) mass is 433 g/mol. The van der Waals surface area contributed by atoms with E-state index in [2.05, 4.69) is 25.8 Å². The number of benzene rings is 1. The van der Waals surface area contributed by atoms with Crippen LogP contribution >= 0.6 is 0 Å². The molecule has 164 valence electrons. The minimum atomic E-state index is -0.762. The number of aromatic nitrogens is 4. The number of carbonyl (C=O) groups excluding carboxylic acids is 2. The van der Waals surface area contributed by atoms with E-state index in [1.54, 1.807) is 30.6 Å². The van der Waals surface area contributed by atoms with Crippen LogP contribution in [0.3, 0.4) is 0 Å². The molecule has 0 aliphatic heterocycles. The molecule has 1 aromatic carbocycles. The highest BCUT2D eigenvalue weighted by molar-refractivity contribution is 5.99. The number of carbonyl (C=O) groups is 2. The lowest BCUT2D eigenvalue weighted by molar-refractivity contribution is -0.119. The fourth-order valence-corrected chi connectivity index (χ4v) is 3.07. The summed E-state index contributed by atoms with van der Waals surface area (Å²) in [6.07, 6.45) is 3.55. The van der Waals surface area contributed by atoms with Gasteiger partial charge in [-0.25, -0.2) is 4.98 Å². The summed E-state index contributed by atoms with van der Waals surface area (Å²) in [5.41, 5.74) is 12.4. The predicted octanol–water partition coefficient (Wildman–Crippen LogP) is 1.69. The number of hydrogen-bond donors (Lipinski definition) is 4. The molecule has 32 heavy (non-hydrogen) atoms. The van der Waals surface area contributed by atoms with Crippen LogP contribution in [0.1, 0.15) is 36.2 Å². The van der Waals surface area contributed by atoms with Gasteiger partial charge in [0, 0.05) is 5.69 Å². The fraction of sp³-hybridized carbons (Fsp3) is 0.238. The molecule has 2 aromatic heterocycles. The molecule has 0 saturated heterocycles. The van der Waals surface area contributed by atoms with E-state index in [0.717, 1.165) is 0 Å². The second kappa shape index (κ2) is 9.57. The topological polar surface area (TPSA) is 178 Å². The zero-order chi connectivity index (χ0) is 23.3. The first-order valence-corrected chi connectivity index (χ1v) is 9.83. The maximum atomic E-state index is 12.0. The van der Waals surface area contributed by atoms with Crippen LogP contribution in [0.25, 0.3) is 5.69 Å². The second-order valence-electron chi connectivity index (χ2n) is 7.48. The number of primary amides is 2. The van der Waals surface area contributed by atoms with Crippen LogP contribution in [-0.2, 0) is 4.79 Å². The normalized spacial score (nSPS) is 11.6. The van der Waals surface area contributed by atoms with E-state index >= 15 is 0 Å². The van der Waals surface area contributed by atoms with Gasteiger partial charge in [-0.1, -0.05) is 19.9 Å². The van der Waals surface area contributed by atoms with Gasteiger partial charge in [0.25, 0.3) is 5.91 Å². The van der Waals surface area contributed by atoms with Crippen LogP contribution in [-0.4, -0.2) is 37.8 Å². The second-order valence-corrected chi connectivity index (χ2v) is 7.48. The summed E-state index contributed by atoms with van der Waals surface area (Å²) in [5.74, 6) is -0.919. The molecule has 0 bridgehead atoms. The maximum absolute atomic E-state index is 12.0. The number of nitrogens with two attached hydrogens (primary N) is 2. The van der Waals surface area contributed by atoms with Crippen LogP contribution in [0.15, 0.2) is 42.7 Å². The number of nitrogens with one attached hydrogen (secondary N) is 2. The molecule has 0 aliphatic rings. The Morgan fingerprint density at radius 2 is 1.88 bits per heavy atom. The average molecular weight is 433 g/mol. The molecule has 0 aliphatic carbocycles. The summed E-state index contributed by atoms with van der Waals surface area (Å²) >= 11 is 0. The largest absolute Gasteiger partial charge is 0.368 e.